The van der Waals surface area contributed by atoms with Crippen molar-refractivity contribution in [3.05, 3.63) is 0 Å². The lowest BCUT2D eigenvalue weighted by Crippen LogP contribution is -2.53. The van der Waals surface area contributed by atoms with Crippen molar-refractivity contribution in [2.45, 2.75) is 83.7 Å². The SMILES string of the molecule is CCCC1CC(NCC2CCCC2)CN(C(C)C2CC2)C1. The fourth-order valence-corrected chi connectivity index (χ4v) is 4.76. The molecular formula is C19H36N2. The van der Waals surface area contributed by atoms with Crippen LogP contribution in [0.5, 0.6) is 0 Å². The summed E-state index contributed by atoms with van der Waals surface area (Å²) in [6.45, 7) is 8.80. The van der Waals surface area contributed by atoms with E-state index in [0.29, 0.717) is 0 Å². The summed E-state index contributed by atoms with van der Waals surface area (Å²) in [6, 6.07) is 1.59. The first-order chi connectivity index (χ1) is 10.3. The molecule has 3 rings (SSSR count). The van der Waals surface area contributed by atoms with Gasteiger partial charge in [-0.25, -0.2) is 0 Å². The molecule has 2 saturated carbocycles. The topological polar surface area (TPSA) is 15.3 Å². The molecule has 0 amide bonds. The minimum absolute atomic E-state index is 0.761. The van der Waals surface area contributed by atoms with Crippen LogP contribution in [0.1, 0.15) is 71.6 Å². The first-order valence-electron chi connectivity index (χ1n) is 9.73. The first-order valence-corrected chi connectivity index (χ1v) is 9.73. The van der Waals surface area contributed by atoms with Crippen molar-refractivity contribution in [1.82, 2.24) is 10.2 Å². The molecule has 21 heavy (non-hydrogen) atoms. The summed E-state index contributed by atoms with van der Waals surface area (Å²) in [5, 5.41) is 3.95. The van der Waals surface area contributed by atoms with Gasteiger partial charge >= 0.3 is 0 Å². The van der Waals surface area contributed by atoms with Crippen LogP contribution in [0.3, 0.4) is 0 Å². The number of hydrogen-bond donors (Lipinski definition) is 1. The molecule has 2 nitrogen and oxygen atoms in total. The third-order valence-corrected chi connectivity index (χ3v) is 6.31. The van der Waals surface area contributed by atoms with Crippen molar-refractivity contribution < 1.29 is 0 Å². The second-order valence-electron chi connectivity index (χ2n) is 8.18. The highest BCUT2D eigenvalue weighted by Crippen LogP contribution is 2.37. The molecule has 0 radical (unpaired) electrons. The molecule has 0 spiro atoms. The van der Waals surface area contributed by atoms with Gasteiger partial charge in [-0.3, -0.25) is 4.90 Å². The molecule has 3 aliphatic rings. The van der Waals surface area contributed by atoms with Gasteiger partial charge in [0.05, 0.1) is 0 Å². The largest absolute Gasteiger partial charge is 0.312 e. The van der Waals surface area contributed by atoms with Crippen LogP contribution in [0.15, 0.2) is 0 Å². The first kappa shape index (κ1) is 15.8. The molecule has 1 saturated heterocycles. The highest BCUT2D eigenvalue weighted by molar-refractivity contribution is 4.91. The zero-order valence-electron chi connectivity index (χ0n) is 14.3. The van der Waals surface area contributed by atoms with Gasteiger partial charge in [0.2, 0.25) is 0 Å². The Morgan fingerprint density at radius 2 is 1.81 bits per heavy atom. The van der Waals surface area contributed by atoms with E-state index < -0.39 is 0 Å². The van der Waals surface area contributed by atoms with Crippen molar-refractivity contribution in [3.63, 3.8) is 0 Å². The zero-order chi connectivity index (χ0) is 14.7. The molecule has 122 valence electrons. The molecule has 0 aromatic rings. The lowest BCUT2D eigenvalue weighted by molar-refractivity contribution is 0.0891. The standard InChI is InChI=1S/C19H36N2/c1-3-6-17-11-19(20-12-16-7-4-5-8-16)14-21(13-17)15(2)18-9-10-18/h15-20H,3-14H2,1-2H3. The number of piperidine rings is 1. The maximum atomic E-state index is 3.95. The molecule has 3 unspecified atom stereocenters. The highest BCUT2D eigenvalue weighted by atomic mass is 15.2. The van der Waals surface area contributed by atoms with Gasteiger partial charge in [0, 0.05) is 25.2 Å². The Balaban J connectivity index is 1.50. The molecule has 2 aliphatic carbocycles. The van der Waals surface area contributed by atoms with Crippen molar-refractivity contribution >= 4 is 0 Å². The second-order valence-corrected chi connectivity index (χ2v) is 8.18. The Morgan fingerprint density at radius 1 is 1.05 bits per heavy atom. The average Bonchev–Trinajstić information content (AvgIpc) is 3.21. The number of nitrogens with zero attached hydrogens (tertiary/aromatic N) is 1. The summed E-state index contributed by atoms with van der Waals surface area (Å²) < 4.78 is 0. The smallest absolute Gasteiger partial charge is 0.0198 e. The summed E-state index contributed by atoms with van der Waals surface area (Å²) >= 11 is 0. The predicted molar refractivity (Wildman–Crippen MR) is 90.5 cm³/mol. The molecule has 1 heterocycles. The lowest BCUT2D eigenvalue weighted by atomic mass is 9.89. The van der Waals surface area contributed by atoms with E-state index in [1.165, 1.54) is 77.4 Å². The van der Waals surface area contributed by atoms with Crippen LogP contribution in [0.25, 0.3) is 0 Å². The fourth-order valence-electron chi connectivity index (χ4n) is 4.76. The summed E-state index contributed by atoms with van der Waals surface area (Å²) in [4.78, 5) is 2.83. The molecule has 0 aromatic carbocycles. The third kappa shape index (κ3) is 4.45. The Hall–Kier alpha value is -0.0800. The lowest BCUT2D eigenvalue weighted by Gasteiger charge is -2.42. The van der Waals surface area contributed by atoms with Gasteiger partial charge in [-0.15, -0.1) is 0 Å². The second kappa shape index (κ2) is 7.46. The molecule has 3 atom stereocenters. The van der Waals surface area contributed by atoms with Gasteiger partial charge in [0.15, 0.2) is 0 Å². The Morgan fingerprint density at radius 3 is 2.48 bits per heavy atom. The summed E-state index contributed by atoms with van der Waals surface area (Å²) in [7, 11) is 0. The summed E-state index contributed by atoms with van der Waals surface area (Å²) in [5.41, 5.74) is 0. The Bertz CT molecular complexity index is 307. The van der Waals surface area contributed by atoms with E-state index in [4.69, 9.17) is 0 Å². The van der Waals surface area contributed by atoms with Crippen molar-refractivity contribution in [2.24, 2.45) is 17.8 Å². The van der Waals surface area contributed by atoms with Gasteiger partial charge in [-0.05, 0) is 69.7 Å². The monoisotopic (exact) mass is 292 g/mol. The van der Waals surface area contributed by atoms with E-state index in [1.807, 2.05) is 0 Å². The zero-order valence-corrected chi connectivity index (χ0v) is 14.3. The van der Waals surface area contributed by atoms with Crippen LogP contribution in [0.4, 0.5) is 0 Å². The number of likely N-dealkylation sites (tertiary alicyclic amines) is 1. The van der Waals surface area contributed by atoms with E-state index in [-0.39, 0.29) is 0 Å². The van der Waals surface area contributed by atoms with E-state index in [1.54, 1.807) is 0 Å². The Labute approximate surface area is 132 Å². The predicted octanol–water partition coefficient (Wildman–Crippen LogP) is 4.06. The number of nitrogens with one attached hydrogen (secondary N) is 1. The maximum absolute atomic E-state index is 3.95. The normalized spacial score (nSPS) is 33.4. The quantitative estimate of drug-likeness (QED) is 0.761. The summed E-state index contributed by atoms with van der Waals surface area (Å²) in [5.74, 6) is 2.93. The van der Waals surface area contributed by atoms with E-state index in [2.05, 4.69) is 24.1 Å². The van der Waals surface area contributed by atoms with Crippen LogP contribution in [0, 0.1) is 17.8 Å². The molecule has 0 bridgehead atoms. The van der Waals surface area contributed by atoms with Gasteiger partial charge in [-0.2, -0.15) is 0 Å². The van der Waals surface area contributed by atoms with Crippen LogP contribution in [-0.4, -0.2) is 36.6 Å². The summed E-state index contributed by atoms with van der Waals surface area (Å²) in [6.07, 6.45) is 13.1. The third-order valence-electron chi connectivity index (χ3n) is 6.31. The molecule has 2 heteroatoms. The van der Waals surface area contributed by atoms with Gasteiger partial charge in [0.1, 0.15) is 0 Å². The van der Waals surface area contributed by atoms with Gasteiger partial charge in [-0.1, -0.05) is 26.2 Å². The molecule has 1 N–H and O–H groups in total. The van der Waals surface area contributed by atoms with Crippen LogP contribution in [0.2, 0.25) is 0 Å². The average molecular weight is 293 g/mol. The van der Waals surface area contributed by atoms with E-state index >= 15 is 0 Å². The van der Waals surface area contributed by atoms with Gasteiger partial charge < -0.3 is 5.32 Å². The van der Waals surface area contributed by atoms with Crippen LogP contribution < -0.4 is 5.32 Å². The molecule has 3 fully saturated rings. The molecule has 1 aliphatic heterocycles. The number of hydrogen-bond acceptors (Lipinski definition) is 2. The van der Waals surface area contributed by atoms with Crippen molar-refractivity contribution in [2.75, 3.05) is 19.6 Å². The fraction of sp³-hybridized carbons (Fsp3) is 1.00. The highest BCUT2D eigenvalue weighted by Gasteiger charge is 2.36. The molecule has 0 aromatic heterocycles. The minimum atomic E-state index is 0.761. The van der Waals surface area contributed by atoms with Crippen molar-refractivity contribution in [3.8, 4) is 0 Å². The Kier molecular flexibility index (Phi) is 5.61. The van der Waals surface area contributed by atoms with Crippen molar-refractivity contribution in [1.29, 1.82) is 0 Å². The molecular weight excluding hydrogens is 256 g/mol. The maximum Gasteiger partial charge on any atom is 0.0198 e. The van der Waals surface area contributed by atoms with E-state index in [0.717, 1.165) is 29.8 Å². The van der Waals surface area contributed by atoms with Crippen LogP contribution >= 0.6 is 0 Å². The minimum Gasteiger partial charge on any atom is -0.312 e. The number of rotatable bonds is 7. The van der Waals surface area contributed by atoms with E-state index in [9.17, 15) is 0 Å². The van der Waals surface area contributed by atoms with Gasteiger partial charge in [0.25, 0.3) is 0 Å². The van der Waals surface area contributed by atoms with Crippen LogP contribution in [-0.2, 0) is 0 Å².